The maximum absolute atomic E-state index is 13.5. The summed E-state index contributed by atoms with van der Waals surface area (Å²) >= 11 is 14.0. The average molecular weight is 530 g/mol. The molecule has 1 atom stereocenters. The molecule has 7 heteroatoms. The molecule has 1 N–H and O–H groups in total. The molecule has 2 aromatic carbocycles. The van der Waals surface area contributed by atoms with Gasteiger partial charge in [0, 0.05) is 21.8 Å². The second-order valence-corrected chi connectivity index (χ2v) is 11.8. The Labute approximate surface area is 221 Å². The van der Waals surface area contributed by atoms with Crippen LogP contribution in [-0.2, 0) is 12.8 Å². The lowest BCUT2D eigenvalue weighted by atomic mass is 9.72. The highest BCUT2D eigenvalue weighted by Crippen LogP contribution is 2.45. The van der Waals surface area contributed by atoms with Gasteiger partial charge in [0.1, 0.15) is 10.8 Å². The number of rotatable bonds is 6. The van der Waals surface area contributed by atoms with Gasteiger partial charge in [0.2, 0.25) is 0 Å². The molecule has 0 fully saturated rings. The van der Waals surface area contributed by atoms with E-state index >= 15 is 0 Å². The Hall–Kier alpha value is -2.34. The molecule has 0 radical (unpaired) electrons. The number of nitrogens with one attached hydrogen (secondary N) is 1. The number of nitrogens with zero attached hydrogens (tertiary/aromatic N) is 1. The van der Waals surface area contributed by atoms with Crippen molar-refractivity contribution in [1.82, 2.24) is 0 Å². The lowest BCUT2D eigenvalue weighted by Crippen LogP contribution is -2.27. The molecule has 1 aliphatic carbocycles. The Bertz CT molecular complexity index is 1240. The number of anilines is 1. The molecule has 184 valence electrons. The van der Waals surface area contributed by atoms with E-state index in [2.05, 4.69) is 26.1 Å². The van der Waals surface area contributed by atoms with E-state index in [1.165, 1.54) is 4.88 Å². The van der Waals surface area contributed by atoms with Crippen LogP contribution < -0.4 is 10.1 Å². The summed E-state index contributed by atoms with van der Waals surface area (Å²) < 4.78 is 5.53. The maximum Gasteiger partial charge on any atom is 0.259 e. The van der Waals surface area contributed by atoms with Crippen LogP contribution in [0.2, 0.25) is 10.0 Å². The van der Waals surface area contributed by atoms with Gasteiger partial charge in [-0.05, 0) is 91.1 Å². The van der Waals surface area contributed by atoms with E-state index in [4.69, 9.17) is 32.9 Å². The number of carbonyl (C=O) groups excluding carboxylic acids is 1. The number of aliphatic imine (C=N–C) groups is 1. The van der Waals surface area contributed by atoms with Crippen LogP contribution in [0, 0.1) is 11.3 Å². The number of thiophene rings is 1. The molecule has 35 heavy (non-hydrogen) atoms. The summed E-state index contributed by atoms with van der Waals surface area (Å²) in [5.74, 6) is 1.08. The van der Waals surface area contributed by atoms with Crippen molar-refractivity contribution >= 4 is 57.3 Å². The minimum atomic E-state index is -0.143. The molecule has 0 spiro atoms. The van der Waals surface area contributed by atoms with Gasteiger partial charge >= 0.3 is 0 Å². The molecule has 0 aliphatic heterocycles. The smallest absolute Gasteiger partial charge is 0.259 e. The summed E-state index contributed by atoms with van der Waals surface area (Å²) in [5, 5.41) is 4.92. The Morgan fingerprint density at radius 3 is 2.60 bits per heavy atom. The number of hydrogen-bond donors (Lipinski definition) is 1. The van der Waals surface area contributed by atoms with E-state index in [1.807, 2.05) is 25.1 Å². The summed E-state index contributed by atoms with van der Waals surface area (Å²) in [7, 11) is 0. The van der Waals surface area contributed by atoms with E-state index in [-0.39, 0.29) is 11.3 Å². The van der Waals surface area contributed by atoms with E-state index in [1.54, 1.807) is 41.8 Å². The van der Waals surface area contributed by atoms with Gasteiger partial charge in [-0.25, -0.2) is 4.99 Å². The molecule has 1 amide bonds. The fourth-order valence-electron chi connectivity index (χ4n) is 4.37. The van der Waals surface area contributed by atoms with Gasteiger partial charge in [-0.2, -0.15) is 0 Å². The standard InChI is InChI=1S/C28H30Cl2N2O2S/c1-5-34-23-13-6-17(14-22(23)30)16-31-27-25(26(33)32-20-10-8-19(29)9-11-20)21-12-7-18(28(2,3)4)15-24(21)35-27/h6,8-11,13-14,16,18H,5,7,12,15H2,1-4H3,(H,32,33)/t18-/m1/s1. The van der Waals surface area contributed by atoms with Gasteiger partial charge < -0.3 is 10.1 Å². The van der Waals surface area contributed by atoms with E-state index < -0.39 is 0 Å². The van der Waals surface area contributed by atoms with Crippen LogP contribution in [0.3, 0.4) is 0 Å². The molecule has 0 saturated carbocycles. The highest BCUT2D eigenvalue weighted by molar-refractivity contribution is 7.16. The largest absolute Gasteiger partial charge is 0.492 e. The molecule has 4 rings (SSSR count). The number of benzene rings is 2. The average Bonchev–Trinajstić information content (AvgIpc) is 3.18. The maximum atomic E-state index is 13.5. The van der Waals surface area contributed by atoms with Crippen molar-refractivity contribution in [3.63, 3.8) is 0 Å². The molecule has 0 bridgehead atoms. The van der Waals surface area contributed by atoms with Crippen molar-refractivity contribution in [2.45, 2.75) is 47.0 Å². The third-order valence-electron chi connectivity index (χ3n) is 6.39. The second kappa shape index (κ2) is 10.7. The van der Waals surface area contributed by atoms with Gasteiger partial charge in [0.05, 0.1) is 17.2 Å². The molecule has 0 saturated heterocycles. The van der Waals surface area contributed by atoms with Gasteiger partial charge in [0.25, 0.3) is 5.91 Å². The van der Waals surface area contributed by atoms with Gasteiger partial charge in [-0.15, -0.1) is 11.3 Å². The van der Waals surface area contributed by atoms with Crippen molar-refractivity contribution in [1.29, 1.82) is 0 Å². The van der Waals surface area contributed by atoms with Crippen LogP contribution in [0.1, 0.15) is 60.5 Å². The zero-order chi connectivity index (χ0) is 25.2. The fourth-order valence-corrected chi connectivity index (χ4v) is 6.00. The van der Waals surface area contributed by atoms with Crippen molar-refractivity contribution in [3.8, 4) is 5.75 Å². The van der Waals surface area contributed by atoms with Crippen LogP contribution in [0.25, 0.3) is 0 Å². The minimum absolute atomic E-state index is 0.143. The van der Waals surface area contributed by atoms with Crippen LogP contribution in [0.15, 0.2) is 47.5 Å². The molecule has 3 aromatic rings. The third-order valence-corrected chi connectivity index (χ3v) is 8.10. The summed E-state index contributed by atoms with van der Waals surface area (Å²) in [6.45, 7) is 9.35. The van der Waals surface area contributed by atoms with Crippen LogP contribution in [0.4, 0.5) is 10.7 Å². The van der Waals surface area contributed by atoms with E-state index in [0.29, 0.717) is 39.6 Å². The lowest BCUT2D eigenvalue weighted by molar-refractivity contribution is 0.102. The summed E-state index contributed by atoms with van der Waals surface area (Å²) in [5.41, 5.74) is 3.56. The number of fused-ring (bicyclic) bond motifs is 1. The summed E-state index contributed by atoms with van der Waals surface area (Å²) in [6, 6.07) is 12.7. The molecule has 1 aliphatic rings. The van der Waals surface area contributed by atoms with Gasteiger partial charge in [-0.1, -0.05) is 44.0 Å². The lowest BCUT2D eigenvalue weighted by Gasteiger charge is -2.33. The van der Waals surface area contributed by atoms with E-state index in [9.17, 15) is 4.79 Å². The monoisotopic (exact) mass is 528 g/mol. The summed E-state index contributed by atoms with van der Waals surface area (Å²) in [6.07, 6.45) is 4.67. The van der Waals surface area contributed by atoms with Crippen molar-refractivity contribution in [2.24, 2.45) is 16.3 Å². The topological polar surface area (TPSA) is 50.7 Å². The number of ether oxygens (including phenoxy) is 1. The van der Waals surface area contributed by atoms with Crippen molar-refractivity contribution in [2.75, 3.05) is 11.9 Å². The van der Waals surface area contributed by atoms with Gasteiger partial charge in [-0.3, -0.25) is 4.79 Å². The van der Waals surface area contributed by atoms with Crippen molar-refractivity contribution < 1.29 is 9.53 Å². The molecular formula is C28H30Cl2N2O2S. The second-order valence-electron chi connectivity index (χ2n) is 9.83. The molecule has 4 nitrogen and oxygen atoms in total. The number of amides is 1. The normalized spacial score (nSPS) is 15.8. The zero-order valence-corrected chi connectivity index (χ0v) is 22.8. The Morgan fingerprint density at radius 2 is 1.94 bits per heavy atom. The highest BCUT2D eigenvalue weighted by atomic mass is 35.5. The number of halogens is 2. The number of hydrogen-bond acceptors (Lipinski definition) is 4. The molecule has 0 unspecified atom stereocenters. The quantitative estimate of drug-likeness (QED) is 0.325. The van der Waals surface area contributed by atoms with Crippen LogP contribution in [-0.4, -0.2) is 18.7 Å². The first-order valence-corrected chi connectivity index (χ1v) is 13.4. The Balaban J connectivity index is 1.68. The number of carbonyl (C=O) groups is 1. The van der Waals surface area contributed by atoms with E-state index in [0.717, 1.165) is 35.4 Å². The minimum Gasteiger partial charge on any atom is -0.492 e. The van der Waals surface area contributed by atoms with Crippen LogP contribution in [0.5, 0.6) is 5.75 Å². The summed E-state index contributed by atoms with van der Waals surface area (Å²) in [4.78, 5) is 19.5. The predicted molar refractivity (Wildman–Crippen MR) is 149 cm³/mol. The molecular weight excluding hydrogens is 499 g/mol. The SMILES string of the molecule is CCOc1ccc(C=Nc2sc3c(c2C(=O)Nc2ccc(Cl)cc2)CC[C@@H](C(C)(C)C)C3)cc1Cl. The molecule has 1 heterocycles. The predicted octanol–water partition coefficient (Wildman–Crippen LogP) is 8.61. The Morgan fingerprint density at radius 1 is 1.20 bits per heavy atom. The zero-order valence-electron chi connectivity index (χ0n) is 20.5. The first-order chi connectivity index (χ1) is 16.7. The highest BCUT2D eigenvalue weighted by Gasteiger charge is 2.33. The third kappa shape index (κ3) is 6.08. The first kappa shape index (κ1) is 25.7. The first-order valence-electron chi connectivity index (χ1n) is 11.8. The fraction of sp³-hybridized carbons (Fsp3) is 0.357. The Kier molecular flexibility index (Phi) is 7.89. The van der Waals surface area contributed by atoms with Crippen molar-refractivity contribution in [3.05, 3.63) is 74.1 Å². The van der Waals surface area contributed by atoms with Crippen LogP contribution >= 0.6 is 34.5 Å². The molecule has 1 aromatic heterocycles. The van der Waals surface area contributed by atoms with Gasteiger partial charge in [0.15, 0.2) is 0 Å².